The van der Waals surface area contributed by atoms with Crippen LogP contribution < -0.4 is 0 Å². The van der Waals surface area contributed by atoms with E-state index < -0.39 is 0 Å². The number of hydrogen-bond donors (Lipinski definition) is 0. The van der Waals surface area contributed by atoms with Crippen molar-refractivity contribution in [2.24, 2.45) is 0 Å². The number of ether oxygens (including phenoxy) is 1. The van der Waals surface area contributed by atoms with Gasteiger partial charge in [-0.2, -0.15) is 0 Å². The molecule has 1 aromatic rings. The lowest BCUT2D eigenvalue weighted by molar-refractivity contribution is -0.147. The Morgan fingerprint density at radius 3 is 2.78 bits per heavy atom. The maximum absolute atomic E-state index is 13.3. The second-order valence-corrected chi connectivity index (χ2v) is 5.39. The molecular formula is C13H15Br2FO2. The van der Waals surface area contributed by atoms with Crippen LogP contribution in [0.25, 0.3) is 0 Å². The fourth-order valence-corrected chi connectivity index (χ4v) is 2.48. The zero-order chi connectivity index (χ0) is 13.5. The van der Waals surface area contributed by atoms with Gasteiger partial charge in [0.05, 0.1) is 6.42 Å². The summed E-state index contributed by atoms with van der Waals surface area (Å²) in [5.74, 6) is -0.619. The van der Waals surface area contributed by atoms with Gasteiger partial charge in [-0.05, 0) is 30.5 Å². The van der Waals surface area contributed by atoms with Gasteiger partial charge >= 0.3 is 5.97 Å². The molecule has 0 amide bonds. The molecule has 0 spiro atoms. The number of carbonyl (C=O) groups is 1. The summed E-state index contributed by atoms with van der Waals surface area (Å²) in [7, 11) is 0. The summed E-state index contributed by atoms with van der Waals surface area (Å²) in [6.45, 7) is 1.67. The first kappa shape index (κ1) is 15.6. The molecule has 1 rings (SSSR count). The van der Waals surface area contributed by atoms with Crippen LogP contribution in [0.5, 0.6) is 0 Å². The van der Waals surface area contributed by atoms with E-state index in [1.54, 1.807) is 19.1 Å². The monoisotopic (exact) mass is 380 g/mol. The van der Waals surface area contributed by atoms with E-state index in [0.29, 0.717) is 16.5 Å². The van der Waals surface area contributed by atoms with Crippen LogP contribution in [0.15, 0.2) is 18.2 Å². The molecule has 0 saturated carbocycles. The Bertz CT molecular complexity index is 410. The maximum Gasteiger partial charge on any atom is 0.310 e. The Labute approximate surface area is 123 Å². The van der Waals surface area contributed by atoms with Crippen LogP contribution in [-0.2, 0) is 16.0 Å². The molecule has 0 aliphatic rings. The van der Waals surface area contributed by atoms with E-state index in [-0.39, 0.29) is 24.3 Å². The number of benzene rings is 1. The fourth-order valence-electron chi connectivity index (χ4n) is 1.52. The highest BCUT2D eigenvalue weighted by molar-refractivity contribution is 9.09. The minimum Gasteiger partial charge on any atom is -0.461 e. The number of carbonyl (C=O) groups excluding carboxylic acids is 1. The Hall–Kier alpha value is -0.420. The molecule has 0 aliphatic carbocycles. The first-order chi connectivity index (χ1) is 8.58. The number of hydrogen-bond acceptors (Lipinski definition) is 2. The van der Waals surface area contributed by atoms with Crippen LogP contribution in [0.1, 0.15) is 17.5 Å². The van der Waals surface area contributed by atoms with Crippen molar-refractivity contribution in [1.82, 2.24) is 0 Å². The molecule has 100 valence electrons. The zero-order valence-electron chi connectivity index (χ0n) is 10.1. The van der Waals surface area contributed by atoms with E-state index >= 15 is 0 Å². The molecule has 0 fully saturated rings. The lowest BCUT2D eigenvalue weighted by Gasteiger charge is -2.14. The average Bonchev–Trinajstić information content (AvgIpc) is 2.34. The standard InChI is InChI=1S/C13H15Br2FO2/c1-9-10(3-2-4-12(9)16)7-13(17)18-11(8-15)5-6-14/h2-4,11H,5-8H2,1H3. The summed E-state index contributed by atoms with van der Waals surface area (Å²) in [5, 5.41) is 1.38. The highest BCUT2D eigenvalue weighted by Gasteiger charge is 2.14. The molecule has 0 bridgehead atoms. The molecule has 0 radical (unpaired) electrons. The van der Waals surface area contributed by atoms with E-state index in [1.165, 1.54) is 6.07 Å². The number of alkyl halides is 2. The van der Waals surface area contributed by atoms with Crippen molar-refractivity contribution in [3.8, 4) is 0 Å². The van der Waals surface area contributed by atoms with Gasteiger partial charge in [0, 0.05) is 10.7 Å². The van der Waals surface area contributed by atoms with Gasteiger partial charge in [-0.15, -0.1) is 0 Å². The van der Waals surface area contributed by atoms with Crippen molar-refractivity contribution in [2.75, 3.05) is 10.7 Å². The Kier molecular flexibility index (Phi) is 6.86. The van der Waals surface area contributed by atoms with Gasteiger partial charge in [-0.25, -0.2) is 4.39 Å². The van der Waals surface area contributed by atoms with E-state index in [1.807, 2.05) is 0 Å². The molecule has 18 heavy (non-hydrogen) atoms. The second-order valence-electron chi connectivity index (χ2n) is 3.94. The highest BCUT2D eigenvalue weighted by atomic mass is 79.9. The van der Waals surface area contributed by atoms with E-state index in [4.69, 9.17) is 4.74 Å². The quantitative estimate of drug-likeness (QED) is 0.553. The number of esters is 1. The molecule has 1 aromatic carbocycles. The predicted octanol–water partition coefficient (Wildman–Crippen LogP) is 3.77. The van der Waals surface area contributed by atoms with E-state index in [9.17, 15) is 9.18 Å². The molecule has 0 heterocycles. The third kappa shape index (κ3) is 4.69. The van der Waals surface area contributed by atoms with Crippen LogP contribution >= 0.6 is 31.9 Å². The lowest BCUT2D eigenvalue weighted by atomic mass is 10.1. The lowest BCUT2D eigenvalue weighted by Crippen LogP contribution is -2.21. The predicted molar refractivity (Wildman–Crippen MR) is 76.9 cm³/mol. The van der Waals surface area contributed by atoms with Crippen LogP contribution in [0.2, 0.25) is 0 Å². The number of halogens is 3. The van der Waals surface area contributed by atoms with Crippen molar-refractivity contribution in [2.45, 2.75) is 25.9 Å². The molecule has 1 atom stereocenters. The summed E-state index contributed by atoms with van der Waals surface area (Å²) >= 11 is 6.61. The van der Waals surface area contributed by atoms with Crippen molar-refractivity contribution in [1.29, 1.82) is 0 Å². The fraction of sp³-hybridized carbons (Fsp3) is 0.462. The van der Waals surface area contributed by atoms with E-state index in [2.05, 4.69) is 31.9 Å². The molecule has 5 heteroatoms. The SMILES string of the molecule is Cc1c(F)cccc1CC(=O)OC(CBr)CCBr. The minimum absolute atomic E-state index is 0.107. The number of rotatable bonds is 6. The van der Waals surface area contributed by atoms with Gasteiger partial charge in [-0.1, -0.05) is 44.0 Å². The minimum atomic E-state index is -0.325. The Balaban J connectivity index is 2.61. The van der Waals surface area contributed by atoms with Crippen molar-refractivity contribution < 1.29 is 13.9 Å². The third-order valence-electron chi connectivity index (χ3n) is 2.62. The maximum atomic E-state index is 13.3. The van der Waals surface area contributed by atoms with Crippen LogP contribution in [0, 0.1) is 12.7 Å². The largest absolute Gasteiger partial charge is 0.461 e. The van der Waals surface area contributed by atoms with Gasteiger partial charge in [-0.3, -0.25) is 4.79 Å². The Morgan fingerprint density at radius 2 is 2.17 bits per heavy atom. The van der Waals surface area contributed by atoms with Crippen LogP contribution in [-0.4, -0.2) is 22.7 Å². The van der Waals surface area contributed by atoms with Gasteiger partial charge in [0.25, 0.3) is 0 Å². The van der Waals surface area contributed by atoms with Gasteiger partial charge in [0.15, 0.2) is 0 Å². The normalized spacial score (nSPS) is 12.2. The summed E-state index contributed by atoms with van der Waals surface area (Å²) in [6.07, 6.45) is 0.708. The molecule has 0 N–H and O–H groups in total. The topological polar surface area (TPSA) is 26.3 Å². The Morgan fingerprint density at radius 1 is 1.44 bits per heavy atom. The molecular weight excluding hydrogens is 367 g/mol. The molecule has 2 nitrogen and oxygen atoms in total. The van der Waals surface area contributed by atoms with Crippen molar-refractivity contribution in [3.63, 3.8) is 0 Å². The first-order valence-electron chi connectivity index (χ1n) is 5.64. The summed E-state index contributed by atoms with van der Waals surface area (Å²) in [6, 6.07) is 4.73. The molecule has 0 aromatic heterocycles. The molecule has 0 saturated heterocycles. The molecule has 1 unspecified atom stereocenters. The van der Waals surface area contributed by atoms with Crippen molar-refractivity contribution in [3.05, 3.63) is 35.1 Å². The second kappa shape index (κ2) is 7.89. The summed E-state index contributed by atoms with van der Waals surface area (Å²) < 4.78 is 18.6. The van der Waals surface area contributed by atoms with Gasteiger partial charge < -0.3 is 4.74 Å². The van der Waals surface area contributed by atoms with Crippen LogP contribution in [0.4, 0.5) is 4.39 Å². The summed E-state index contributed by atoms with van der Waals surface area (Å²) in [5.41, 5.74) is 1.18. The van der Waals surface area contributed by atoms with Crippen LogP contribution in [0.3, 0.4) is 0 Å². The average molecular weight is 382 g/mol. The van der Waals surface area contributed by atoms with Gasteiger partial charge in [0.1, 0.15) is 11.9 Å². The first-order valence-corrected chi connectivity index (χ1v) is 7.88. The zero-order valence-corrected chi connectivity index (χ0v) is 13.3. The third-order valence-corrected chi connectivity index (χ3v) is 3.80. The highest BCUT2D eigenvalue weighted by Crippen LogP contribution is 2.14. The van der Waals surface area contributed by atoms with Crippen molar-refractivity contribution >= 4 is 37.8 Å². The smallest absolute Gasteiger partial charge is 0.310 e. The molecule has 0 aliphatic heterocycles. The van der Waals surface area contributed by atoms with Gasteiger partial charge in [0.2, 0.25) is 0 Å². The van der Waals surface area contributed by atoms with E-state index in [0.717, 1.165) is 11.8 Å². The summed E-state index contributed by atoms with van der Waals surface area (Å²) in [4.78, 5) is 11.7.